The number of piperidine rings is 1. The van der Waals surface area contributed by atoms with E-state index in [4.69, 9.17) is 0 Å². The molecule has 0 atom stereocenters. The number of amides is 2. The second-order valence-electron chi connectivity index (χ2n) is 7.33. The van der Waals surface area contributed by atoms with E-state index < -0.39 is 17.2 Å². The van der Waals surface area contributed by atoms with Crippen LogP contribution in [0, 0.1) is 0 Å². The number of hydrogen-bond acceptors (Lipinski definition) is 2. The molecule has 0 aliphatic carbocycles. The van der Waals surface area contributed by atoms with Crippen molar-refractivity contribution in [3.8, 4) is 0 Å². The number of hydrogen-bond donors (Lipinski definition) is 1. The molecule has 0 radical (unpaired) electrons. The fraction of sp³-hybridized carbons (Fsp3) is 0.364. The highest BCUT2D eigenvalue weighted by Crippen LogP contribution is 2.36. The largest absolute Gasteiger partial charge is 0.416 e. The molecule has 0 bridgehead atoms. The maximum Gasteiger partial charge on any atom is 0.416 e. The lowest BCUT2D eigenvalue weighted by molar-refractivity contribution is -0.137. The number of benzene rings is 2. The Morgan fingerprint density at radius 3 is 2.10 bits per heavy atom. The molecule has 1 aliphatic rings. The van der Waals surface area contributed by atoms with Crippen LogP contribution in [-0.4, -0.2) is 29.8 Å². The van der Waals surface area contributed by atoms with Gasteiger partial charge in [0, 0.05) is 26.6 Å². The summed E-state index contributed by atoms with van der Waals surface area (Å²) in [5, 5.41) is 2.89. The van der Waals surface area contributed by atoms with E-state index in [0.717, 1.165) is 17.7 Å². The summed E-state index contributed by atoms with van der Waals surface area (Å²) in [6, 6.07) is 14.2. The first-order valence-electron chi connectivity index (χ1n) is 9.48. The molecule has 1 aliphatic heterocycles. The number of likely N-dealkylation sites (tertiary alicyclic amines) is 1. The predicted molar refractivity (Wildman–Crippen MR) is 103 cm³/mol. The molecule has 154 valence electrons. The van der Waals surface area contributed by atoms with Crippen molar-refractivity contribution in [1.82, 2.24) is 10.2 Å². The van der Waals surface area contributed by atoms with Crippen LogP contribution in [0.1, 0.15) is 36.5 Å². The standard InChI is InChI=1S/C22H23F3N2O2/c1-16(28)27-13-11-21(12-14-27,18-5-3-2-4-6-18)20(29)26-15-17-7-9-19(10-8-17)22(23,24)25/h2-10H,11-15H2,1H3,(H,26,29). The molecule has 29 heavy (non-hydrogen) atoms. The van der Waals surface area contributed by atoms with Gasteiger partial charge in [0.25, 0.3) is 0 Å². The monoisotopic (exact) mass is 404 g/mol. The van der Waals surface area contributed by atoms with Crippen LogP contribution in [-0.2, 0) is 27.7 Å². The Hall–Kier alpha value is -2.83. The first kappa shape index (κ1) is 20.9. The van der Waals surface area contributed by atoms with Crippen molar-refractivity contribution < 1.29 is 22.8 Å². The molecule has 0 saturated carbocycles. The van der Waals surface area contributed by atoms with Gasteiger partial charge in [-0.2, -0.15) is 13.2 Å². The van der Waals surface area contributed by atoms with Gasteiger partial charge < -0.3 is 10.2 Å². The quantitative estimate of drug-likeness (QED) is 0.840. The van der Waals surface area contributed by atoms with Gasteiger partial charge in [-0.05, 0) is 36.1 Å². The first-order valence-corrected chi connectivity index (χ1v) is 9.48. The Bertz CT molecular complexity index is 856. The van der Waals surface area contributed by atoms with Gasteiger partial charge in [-0.3, -0.25) is 9.59 Å². The fourth-order valence-corrected chi connectivity index (χ4v) is 3.77. The molecule has 1 saturated heterocycles. The van der Waals surface area contributed by atoms with Gasteiger partial charge in [-0.1, -0.05) is 42.5 Å². The lowest BCUT2D eigenvalue weighted by Gasteiger charge is -2.40. The van der Waals surface area contributed by atoms with Gasteiger partial charge in [0.2, 0.25) is 11.8 Å². The van der Waals surface area contributed by atoms with Gasteiger partial charge in [-0.15, -0.1) is 0 Å². The van der Waals surface area contributed by atoms with Gasteiger partial charge in [0.05, 0.1) is 11.0 Å². The minimum Gasteiger partial charge on any atom is -0.351 e. The van der Waals surface area contributed by atoms with Crippen molar-refractivity contribution in [2.24, 2.45) is 0 Å². The highest BCUT2D eigenvalue weighted by atomic mass is 19.4. The Labute approximate surface area is 167 Å². The molecule has 2 aromatic rings. The van der Waals surface area contributed by atoms with E-state index in [0.29, 0.717) is 31.5 Å². The van der Waals surface area contributed by atoms with Crippen molar-refractivity contribution in [1.29, 1.82) is 0 Å². The highest BCUT2D eigenvalue weighted by molar-refractivity contribution is 5.88. The Kier molecular flexibility index (Phi) is 5.96. The number of carbonyl (C=O) groups is 2. The molecule has 1 fully saturated rings. The zero-order chi connectivity index (χ0) is 21.1. The lowest BCUT2D eigenvalue weighted by Crippen LogP contribution is -2.52. The topological polar surface area (TPSA) is 49.4 Å². The zero-order valence-corrected chi connectivity index (χ0v) is 16.1. The van der Waals surface area contributed by atoms with Crippen molar-refractivity contribution in [2.75, 3.05) is 13.1 Å². The number of alkyl halides is 3. The van der Waals surface area contributed by atoms with Crippen molar-refractivity contribution in [3.63, 3.8) is 0 Å². The molecular weight excluding hydrogens is 381 g/mol. The van der Waals surface area contributed by atoms with Gasteiger partial charge in [0.1, 0.15) is 0 Å². The second-order valence-corrected chi connectivity index (χ2v) is 7.33. The normalized spacial score (nSPS) is 16.3. The van der Waals surface area contributed by atoms with E-state index >= 15 is 0 Å². The van der Waals surface area contributed by atoms with Crippen LogP contribution in [0.15, 0.2) is 54.6 Å². The second kappa shape index (κ2) is 8.27. The summed E-state index contributed by atoms with van der Waals surface area (Å²) in [5.74, 6) is -0.191. The van der Waals surface area contributed by atoms with Gasteiger partial charge in [-0.25, -0.2) is 0 Å². The zero-order valence-electron chi connectivity index (χ0n) is 16.1. The summed E-state index contributed by atoms with van der Waals surface area (Å²) >= 11 is 0. The summed E-state index contributed by atoms with van der Waals surface area (Å²) in [7, 11) is 0. The molecule has 7 heteroatoms. The Morgan fingerprint density at radius 2 is 1.59 bits per heavy atom. The van der Waals surface area contributed by atoms with E-state index in [1.165, 1.54) is 19.1 Å². The van der Waals surface area contributed by atoms with E-state index in [-0.39, 0.29) is 18.4 Å². The lowest BCUT2D eigenvalue weighted by atomic mass is 9.72. The molecule has 3 rings (SSSR count). The molecule has 2 aromatic carbocycles. The molecule has 0 unspecified atom stereocenters. The molecular formula is C22H23F3N2O2. The molecule has 0 spiro atoms. The Balaban J connectivity index is 1.75. The molecule has 0 aromatic heterocycles. The van der Waals surface area contributed by atoms with Crippen LogP contribution in [0.5, 0.6) is 0 Å². The van der Waals surface area contributed by atoms with Crippen molar-refractivity contribution >= 4 is 11.8 Å². The number of nitrogens with one attached hydrogen (secondary N) is 1. The summed E-state index contributed by atoms with van der Waals surface area (Å²) < 4.78 is 38.1. The number of halogens is 3. The van der Waals surface area contributed by atoms with Gasteiger partial charge >= 0.3 is 6.18 Å². The van der Waals surface area contributed by atoms with E-state index in [1.54, 1.807) is 4.90 Å². The van der Waals surface area contributed by atoms with Crippen LogP contribution >= 0.6 is 0 Å². The van der Waals surface area contributed by atoms with E-state index in [2.05, 4.69) is 5.32 Å². The summed E-state index contributed by atoms with van der Waals surface area (Å²) in [5.41, 5.74) is -0.00662. The van der Waals surface area contributed by atoms with Crippen LogP contribution in [0.4, 0.5) is 13.2 Å². The number of nitrogens with zero attached hydrogens (tertiary/aromatic N) is 1. The molecule has 1 heterocycles. The summed E-state index contributed by atoms with van der Waals surface area (Å²) in [6.07, 6.45) is -3.39. The minimum atomic E-state index is -4.39. The fourth-order valence-electron chi connectivity index (χ4n) is 3.77. The number of rotatable bonds is 4. The third-order valence-electron chi connectivity index (χ3n) is 5.56. The van der Waals surface area contributed by atoms with Crippen molar-refractivity contribution in [3.05, 3.63) is 71.3 Å². The molecule has 1 N–H and O–H groups in total. The predicted octanol–water partition coefficient (Wildman–Crippen LogP) is 3.90. The third-order valence-corrected chi connectivity index (χ3v) is 5.56. The van der Waals surface area contributed by atoms with Crippen LogP contribution < -0.4 is 5.32 Å². The van der Waals surface area contributed by atoms with E-state index in [1.807, 2.05) is 30.3 Å². The average Bonchev–Trinajstić information content (AvgIpc) is 2.72. The highest BCUT2D eigenvalue weighted by Gasteiger charge is 2.43. The first-order chi connectivity index (χ1) is 13.7. The Morgan fingerprint density at radius 1 is 1.00 bits per heavy atom. The van der Waals surface area contributed by atoms with Crippen molar-refractivity contribution in [2.45, 2.75) is 37.9 Å². The maximum atomic E-state index is 13.2. The van der Waals surface area contributed by atoms with E-state index in [9.17, 15) is 22.8 Å². The van der Waals surface area contributed by atoms with Crippen LogP contribution in [0.3, 0.4) is 0 Å². The molecule has 2 amide bonds. The molecule has 4 nitrogen and oxygen atoms in total. The van der Waals surface area contributed by atoms with Crippen LogP contribution in [0.25, 0.3) is 0 Å². The number of carbonyl (C=O) groups excluding carboxylic acids is 2. The summed E-state index contributed by atoms with van der Waals surface area (Å²) in [4.78, 5) is 26.6. The smallest absolute Gasteiger partial charge is 0.351 e. The minimum absolute atomic E-state index is 0.0168. The van der Waals surface area contributed by atoms with Gasteiger partial charge in [0.15, 0.2) is 0 Å². The SMILES string of the molecule is CC(=O)N1CCC(C(=O)NCc2ccc(C(F)(F)F)cc2)(c2ccccc2)CC1. The average molecular weight is 404 g/mol. The third kappa shape index (κ3) is 4.60. The maximum absolute atomic E-state index is 13.2. The summed E-state index contributed by atoms with van der Waals surface area (Å²) in [6.45, 7) is 2.62. The van der Waals surface area contributed by atoms with Crippen LogP contribution in [0.2, 0.25) is 0 Å².